The lowest BCUT2D eigenvalue weighted by Crippen LogP contribution is -2.28. The lowest BCUT2D eigenvalue weighted by atomic mass is 10.0. The van der Waals surface area contributed by atoms with Crippen molar-refractivity contribution in [2.45, 2.75) is 19.6 Å². The molecule has 0 bridgehead atoms. The molecule has 0 spiro atoms. The number of nitrogens with one attached hydrogen (secondary N) is 1. The minimum Gasteiger partial charge on any atom is -0.457 e. The van der Waals surface area contributed by atoms with Gasteiger partial charge in [0.1, 0.15) is 12.6 Å². The molecule has 0 saturated heterocycles. The van der Waals surface area contributed by atoms with Crippen molar-refractivity contribution in [2.75, 3.05) is 5.32 Å². The number of benzene rings is 2. The number of carbonyl (C=O) groups is 1. The van der Waals surface area contributed by atoms with Crippen LogP contribution in [0.2, 0.25) is 0 Å². The molecule has 2 aromatic carbocycles. The van der Waals surface area contributed by atoms with Crippen molar-refractivity contribution in [1.29, 1.82) is 0 Å². The highest BCUT2D eigenvalue weighted by Gasteiger charge is 2.35. The van der Waals surface area contributed by atoms with Gasteiger partial charge < -0.3 is 10.1 Å². The van der Waals surface area contributed by atoms with E-state index < -0.39 is 0 Å². The molecule has 6 heteroatoms. The van der Waals surface area contributed by atoms with Gasteiger partial charge in [-0.25, -0.2) is 9.78 Å². The molecule has 4 aromatic rings. The van der Waals surface area contributed by atoms with Gasteiger partial charge in [-0.3, -0.25) is 4.57 Å². The molecular formula is C23H19N3O2S. The summed E-state index contributed by atoms with van der Waals surface area (Å²) in [5.74, 6) is 0.419. The maximum Gasteiger partial charge on any atom is 0.338 e. The Hall–Kier alpha value is -3.38. The fourth-order valence-electron chi connectivity index (χ4n) is 3.75. The number of imidazole rings is 1. The first-order valence-corrected chi connectivity index (χ1v) is 10.3. The molecule has 5 rings (SSSR count). The number of rotatable bonds is 4. The zero-order valence-corrected chi connectivity index (χ0v) is 16.6. The molecule has 2 aromatic heterocycles. The first kappa shape index (κ1) is 17.7. The van der Waals surface area contributed by atoms with Gasteiger partial charge in [0.25, 0.3) is 0 Å². The zero-order chi connectivity index (χ0) is 19.8. The third kappa shape index (κ3) is 3.11. The van der Waals surface area contributed by atoms with Crippen LogP contribution in [0.25, 0.3) is 11.0 Å². The van der Waals surface area contributed by atoms with Crippen molar-refractivity contribution < 1.29 is 9.53 Å². The predicted octanol–water partition coefficient (Wildman–Crippen LogP) is 5.13. The van der Waals surface area contributed by atoms with E-state index in [-0.39, 0.29) is 18.6 Å². The predicted molar refractivity (Wildman–Crippen MR) is 115 cm³/mol. The first-order valence-electron chi connectivity index (χ1n) is 9.41. The molecule has 0 amide bonds. The molecule has 0 aliphatic carbocycles. The minimum absolute atomic E-state index is 0.241. The molecule has 3 heterocycles. The van der Waals surface area contributed by atoms with Crippen molar-refractivity contribution in [3.05, 3.63) is 93.8 Å². The van der Waals surface area contributed by atoms with Gasteiger partial charge in [0.05, 0.1) is 16.6 Å². The quantitative estimate of drug-likeness (QED) is 0.482. The fraction of sp³-hybridized carbons (Fsp3) is 0.130. The monoisotopic (exact) mass is 401 g/mol. The Morgan fingerprint density at radius 3 is 2.69 bits per heavy atom. The second kappa shape index (κ2) is 7.22. The third-order valence-electron chi connectivity index (χ3n) is 5.08. The van der Waals surface area contributed by atoms with E-state index in [4.69, 9.17) is 9.72 Å². The van der Waals surface area contributed by atoms with Crippen molar-refractivity contribution in [1.82, 2.24) is 9.55 Å². The third-order valence-corrected chi connectivity index (χ3v) is 6.00. The summed E-state index contributed by atoms with van der Waals surface area (Å²) in [7, 11) is 0. The average Bonchev–Trinajstić information content (AvgIpc) is 3.39. The molecular weight excluding hydrogens is 382 g/mol. The van der Waals surface area contributed by atoms with Gasteiger partial charge in [-0.15, -0.1) is 11.3 Å². The molecule has 1 atom stereocenters. The number of hydrogen-bond donors (Lipinski definition) is 1. The van der Waals surface area contributed by atoms with E-state index in [1.54, 1.807) is 11.3 Å². The number of carbonyl (C=O) groups excluding carboxylic acids is 1. The first-order chi connectivity index (χ1) is 14.2. The van der Waals surface area contributed by atoms with Crippen molar-refractivity contribution >= 4 is 34.3 Å². The summed E-state index contributed by atoms with van der Waals surface area (Å²) in [5, 5.41) is 5.33. The second-order valence-electron chi connectivity index (χ2n) is 6.94. The van der Waals surface area contributed by atoms with Crippen LogP contribution in [0.1, 0.15) is 23.4 Å². The van der Waals surface area contributed by atoms with Crippen LogP contribution >= 0.6 is 11.3 Å². The maximum absolute atomic E-state index is 13.2. The molecule has 1 N–H and O–H groups in total. The molecule has 29 heavy (non-hydrogen) atoms. The number of thiophene rings is 1. The van der Waals surface area contributed by atoms with Crippen LogP contribution in [-0.2, 0) is 16.1 Å². The van der Waals surface area contributed by atoms with Crippen LogP contribution in [0.4, 0.5) is 5.95 Å². The Labute approximate surface area is 172 Å². The maximum atomic E-state index is 13.2. The number of aromatic nitrogens is 2. The van der Waals surface area contributed by atoms with Crippen molar-refractivity contribution in [3.8, 4) is 0 Å². The SMILES string of the molecule is CC1=C(C(=O)OCc2ccccc2)[C@@H](c2cccs2)n2c(nc3ccccc32)N1. The van der Waals surface area contributed by atoms with E-state index in [9.17, 15) is 4.79 Å². The number of nitrogens with zero attached hydrogens (tertiary/aromatic N) is 2. The van der Waals surface area contributed by atoms with E-state index in [1.807, 2.05) is 73.0 Å². The van der Waals surface area contributed by atoms with Crippen LogP contribution in [0, 0.1) is 0 Å². The molecule has 0 fully saturated rings. The molecule has 0 saturated carbocycles. The number of anilines is 1. The standard InChI is InChI=1S/C23H19N3O2S/c1-15-20(22(27)28-14-16-8-3-2-4-9-16)21(19-12-7-13-29-19)26-18-11-6-5-10-17(18)25-23(26)24-15/h2-13,21H,14H2,1H3,(H,24,25)/t21-/m1/s1. The molecule has 0 radical (unpaired) electrons. The average molecular weight is 401 g/mol. The lowest BCUT2D eigenvalue weighted by Gasteiger charge is -2.29. The topological polar surface area (TPSA) is 56.2 Å². The van der Waals surface area contributed by atoms with E-state index >= 15 is 0 Å². The summed E-state index contributed by atoms with van der Waals surface area (Å²) in [5.41, 5.74) is 4.21. The molecule has 0 unspecified atom stereocenters. The van der Waals surface area contributed by atoms with Gasteiger partial charge in [-0.2, -0.15) is 0 Å². The number of hydrogen-bond acceptors (Lipinski definition) is 5. The zero-order valence-electron chi connectivity index (χ0n) is 15.8. The number of fused-ring (bicyclic) bond motifs is 3. The molecule has 1 aliphatic rings. The van der Waals surface area contributed by atoms with Gasteiger partial charge in [0, 0.05) is 10.6 Å². The van der Waals surface area contributed by atoms with Gasteiger partial charge in [0.15, 0.2) is 0 Å². The van der Waals surface area contributed by atoms with Gasteiger partial charge in [-0.05, 0) is 36.1 Å². The lowest BCUT2D eigenvalue weighted by molar-refractivity contribution is -0.140. The summed E-state index contributed by atoms with van der Waals surface area (Å²) in [4.78, 5) is 19.0. The van der Waals surface area contributed by atoms with Crippen molar-refractivity contribution in [2.24, 2.45) is 0 Å². The molecule has 5 nitrogen and oxygen atoms in total. The van der Waals surface area contributed by atoms with E-state index in [2.05, 4.69) is 16.0 Å². The summed E-state index contributed by atoms with van der Waals surface area (Å²) in [6, 6.07) is 21.5. The highest BCUT2D eigenvalue weighted by atomic mass is 32.1. The summed E-state index contributed by atoms with van der Waals surface area (Å²) in [6.07, 6.45) is 0. The van der Waals surface area contributed by atoms with Crippen LogP contribution in [0.3, 0.4) is 0 Å². The Balaban J connectivity index is 1.57. The smallest absolute Gasteiger partial charge is 0.338 e. The van der Waals surface area contributed by atoms with Gasteiger partial charge >= 0.3 is 5.97 Å². The van der Waals surface area contributed by atoms with E-state index in [0.717, 1.165) is 33.1 Å². The Kier molecular flexibility index (Phi) is 4.41. The van der Waals surface area contributed by atoms with Crippen molar-refractivity contribution in [3.63, 3.8) is 0 Å². The van der Waals surface area contributed by atoms with Crippen LogP contribution in [0.5, 0.6) is 0 Å². The van der Waals surface area contributed by atoms with Gasteiger partial charge in [0.2, 0.25) is 5.95 Å². The molecule has 144 valence electrons. The highest BCUT2D eigenvalue weighted by Crippen LogP contribution is 2.41. The normalized spacial score (nSPS) is 15.8. The number of esters is 1. The number of ether oxygens (including phenoxy) is 1. The summed E-state index contributed by atoms with van der Waals surface area (Å²) < 4.78 is 7.79. The Bertz CT molecular complexity index is 1210. The van der Waals surface area contributed by atoms with Crippen LogP contribution < -0.4 is 5.32 Å². The fourth-order valence-corrected chi connectivity index (χ4v) is 4.57. The molecule has 1 aliphatic heterocycles. The number of para-hydroxylation sites is 2. The summed E-state index contributed by atoms with van der Waals surface area (Å²) >= 11 is 1.62. The minimum atomic E-state index is -0.319. The highest BCUT2D eigenvalue weighted by molar-refractivity contribution is 7.10. The Morgan fingerprint density at radius 2 is 1.90 bits per heavy atom. The second-order valence-corrected chi connectivity index (χ2v) is 7.92. The number of allylic oxidation sites excluding steroid dienone is 1. The van der Waals surface area contributed by atoms with Crippen LogP contribution in [0.15, 0.2) is 83.4 Å². The van der Waals surface area contributed by atoms with E-state index in [1.165, 1.54) is 0 Å². The summed E-state index contributed by atoms with van der Waals surface area (Å²) in [6.45, 7) is 2.15. The largest absolute Gasteiger partial charge is 0.457 e. The Morgan fingerprint density at radius 1 is 1.10 bits per heavy atom. The van der Waals surface area contributed by atoms with Crippen LogP contribution in [-0.4, -0.2) is 15.5 Å². The van der Waals surface area contributed by atoms with E-state index in [0.29, 0.717) is 5.57 Å². The van der Waals surface area contributed by atoms with Gasteiger partial charge in [-0.1, -0.05) is 48.5 Å².